The Hall–Kier alpha value is -1.11. The number of hydrogen-bond acceptors (Lipinski definition) is 1. The average Bonchev–Trinajstić information content (AvgIpc) is 2.87. The van der Waals surface area contributed by atoms with Gasteiger partial charge in [0.1, 0.15) is 0 Å². The van der Waals surface area contributed by atoms with Gasteiger partial charge in [0.2, 0.25) is 0 Å². The lowest BCUT2D eigenvalue weighted by molar-refractivity contribution is -0.148. The molecule has 1 saturated carbocycles. The lowest BCUT2D eigenvalue weighted by atomic mass is 9.73. The topological polar surface area (TPSA) is 9.23 Å². The Kier molecular flexibility index (Phi) is 12.0. The first-order valence-electron chi connectivity index (χ1n) is 14.4. The van der Waals surface area contributed by atoms with E-state index in [2.05, 4.69) is 11.7 Å². The van der Waals surface area contributed by atoms with E-state index >= 15 is 0 Å². The van der Waals surface area contributed by atoms with E-state index in [-0.39, 0.29) is 0 Å². The monoisotopic (exact) mass is 532 g/mol. The van der Waals surface area contributed by atoms with Crippen LogP contribution in [0.3, 0.4) is 0 Å². The van der Waals surface area contributed by atoms with Crippen LogP contribution in [0.5, 0.6) is 5.75 Å². The van der Waals surface area contributed by atoms with Gasteiger partial charge in [-0.25, -0.2) is 13.2 Å². The van der Waals surface area contributed by atoms with Crippen molar-refractivity contribution in [2.75, 3.05) is 6.61 Å². The van der Waals surface area contributed by atoms with Crippen molar-refractivity contribution in [2.24, 2.45) is 17.8 Å². The number of alkyl halides is 4. The van der Waals surface area contributed by atoms with E-state index in [0.717, 1.165) is 36.2 Å². The molecule has 1 heterocycles. The first kappa shape index (κ1) is 29.4. The molecular weight excluding hydrogens is 487 g/mol. The van der Waals surface area contributed by atoms with E-state index < -0.39 is 39.3 Å². The Bertz CT molecular complexity index is 758. The summed E-state index contributed by atoms with van der Waals surface area (Å²) >= 11 is 0. The third-order valence-corrected chi connectivity index (χ3v) is 12.3. The standard InChI is InChI=1S/C29H45F5OSi/c1-2-3-6-17-36-18-15-25(16-19-36)24-12-9-22(10-13-24)7-4-5-8-23-11-14-27(26(30)20-23)35-21-29(33,34)28(31)32/h11,14,20,22,24-25,28,36H,2-10,12-13,15-19,21H2,1H3. The van der Waals surface area contributed by atoms with Crippen LogP contribution in [-0.4, -0.2) is 27.8 Å². The van der Waals surface area contributed by atoms with Crippen molar-refractivity contribution in [2.45, 2.75) is 121 Å². The maximum absolute atomic E-state index is 14.2. The Morgan fingerprint density at radius 1 is 0.944 bits per heavy atom. The van der Waals surface area contributed by atoms with Crippen LogP contribution in [-0.2, 0) is 6.42 Å². The molecule has 1 aliphatic carbocycles. The number of unbranched alkanes of at least 4 members (excludes halogenated alkanes) is 3. The predicted molar refractivity (Wildman–Crippen MR) is 140 cm³/mol. The highest BCUT2D eigenvalue weighted by Crippen LogP contribution is 2.42. The van der Waals surface area contributed by atoms with Crippen molar-refractivity contribution < 1.29 is 26.7 Å². The highest BCUT2D eigenvalue weighted by Gasteiger charge is 2.42. The van der Waals surface area contributed by atoms with Gasteiger partial charge < -0.3 is 4.74 Å². The van der Waals surface area contributed by atoms with Crippen molar-refractivity contribution in [1.82, 2.24) is 0 Å². The van der Waals surface area contributed by atoms with E-state index in [0.29, 0.717) is 6.42 Å². The normalized spacial score (nSPS) is 25.3. The van der Waals surface area contributed by atoms with E-state index in [1.54, 1.807) is 24.2 Å². The van der Waals surface area contributed by atoms with Crippen LogP contribution in [0.2, 0.25) is 18.1 Å². The number of benzene rings is 1. The molecule has 1 nitrogen and oxygen atoms in total. The van der Waals surface area contributed by atoms with Gasteiger partial charge in [0, 0.05) is 8.80 Å². The summed E-state index contributed by atoms with van der Waals surface area (Å²) in [4.78, 5) is 0. The first-order valence-corrected chi connectivity index (χ1v) is 16.8. The Balaban J connectivity index is 1.28. The molecule has 1 aromatic carbocycles. The second kappa shape index (κ2) is 14.7. The fourth-order valence-corrected chi connectivity index (χ4v) is 9.93. The summed E-state index contributed by atoms with van der Waals surface area (Å²) in [5.41, 5.74) is 0.776. The third kappa shape index (κ3) is 9.32. The van der Waals surface area contributed by atoms with Crippen LogP contribution < -0.4 is 4.74 Å². The summed E-state index contributed by atoms with van der Waals surface area (Å²) < 4.78 is 69.2. The molecule has 3 rings (SSSR count). The summed E-state index contributed by atoms with van der Waals surface area (Å²) in [5.74, 6) is -2.73. The molecule has 7 heteroatoms. The van der Waals surface area contributed by atoms with Crippen LogP contribution >= 0.6 is 0 Å². The summed E-state index contributed by atoms with van der Waals surface area (Å²) in [6.45, 7) is 0.760. The molecule has 0 amide bonds. The molecule has 206 valence electrons. The fourth-order valence-electron chi connectivity index (χ4n) is 6.40. The average molecular weight is 533 g/mol. The zero-order chi connectivity index (χ0) is 26.0. The summed E-state index contributed by atoms with van der Waals surface area (Å²) in [7, 11) is -0.417. The van der Waals surface area contributed by atoms with Gasteiger partial charge >= 0.3 is 12.3 Å². The molecule has 0 atom stereocenters. The van der Waals surface area contributed by atoms with Crippen LogP contribution in [0.25, 0.3) is 0 Å². The van der Waals surface area contributed by atoms with Crippen LogP contribution in [0, 0.1) is 23.6 Å². The maximum atomic E-state index is 14.2. The Morgan fingerprint density at radius 3 is 2.28 bits per heavy atom. The molecule has 0 bridgehead atoms. The quantitative estimate of drug-likeness (QED) is 0.132. The highest BCUT2D eigenvalue weighted by molar-refractivity contribution is 6.58. The van der Waals surface area contributed by atoms with Crippen LogP contribution in [0.1, 0.15) is 89.5 Å². The third-order valence-electron chi connectivity index (χ3n) is 8.73. The van der Waals surface area contributed by atoms with E-state index in [1.807, 2.05) is 0 Å². The van der Waals surface area contributed by atoms with Gasteiger partial charge in [-0.15, -0.1) is 0 Å². The smallest absolute Gasteiger partial charge is 0.340 e. The van der Waals surface area contributed by atoms with Crippen LogP contribution in [0.4, 0.5) is 22.0 Å². The van der Waals surface area contributed by atoms with Gasteiger partial charge in [0.15, 0.2) is 18.2 Å². The van der Waals surface area contributed by atoms with Crippen molar-refractivity contribution in [3.05, 3.63) is 29.6 Å². The largest absolute Gasteiger partial charge is 0.484 e. The molecule has 0 unspecified atom stereocenters. The van der Waals surface area contributed by atoms with Crippen molar-refractivity contribution in [3.63, 3.8) is 0 Å². The summed E-state index contributed by atoms with van der Waals surface area (Å²) in [6, 6.07) is 8.91. The Labute approximate surface area is 216 Å². The lowest BCUT2D eigenvalue weighted by Crippen LogP contribution is -2.33. The van der Waals surface area contributed by atoms with Gasteiger partial charge in [-0.05, 0) is 61.1 Å². The molecule has 0 radical (unpaired) electrons. The molecule has 0 aromatic heterocycles. The highest BCUT2D eigenvalue weighted by atomic mass is 28.3. The Morgan fingerprint density at radius 2 is 1.64 bits per heavy atom. The second-order valence-electron chi connectivity index (χ2n) is 11.4. The second-order valence-corrected chi connectivity index (χ2v) is 14.9. The minimum atomic E-state index is -4.29. The van der Waals surface area contributed by atoms with Crippen molar-refractivity contribution >= 4 is 8.80 Å². The number of ether oxygens (including phenoxy) is 1. The van der Waals surface area contributed by atoms with Gasteiger partial charge in [0.05, 0.1) is 0 Å². The van der Waals surface area contributed by atoms with Gasteiger partial charge in [-0.3, -0.25) is 0 Å². The fraction of sp³-hybridized carbons (Fsp3) is 0.793. The summed E-state index contributed by atoms with van der Waals surface area (Å²) in [5, 5.41) is 0. The summed E-state index contributed by atoms with van der Waals surface area (Å²) in [6.07, 6.45) is 12.9. The van der Waals surface area contributed by atoms with E-state index in [1.165, 1.54) is 76.3 Å². The molecular formula is C29H45F5OSi. The molecule has 36 heavy (non-hydrogen) atoms. The van der Waals surface area contributed by atoms with Gasteiger partial charge in [0.25, 0.3) is 0 Å². The van der Waals surface area contributed by atoms with Gasteiger partial charge in [-0.1, -0.05) is 88.9 Å². The number of halogens is 5. The minimum Gasteiger partial charge on any atom is -0.484 e. The molecule has 2 fully saturated rings. The van der Waals surface area contributed by atoms with Crippen LogP contribution in [0.15, 0.2) is 18.2 Å². The zero-order valence-electron chi connectivity index (χ0n) is 21.9. The van der Waals surface area contributed by atoms with Crippen molar-refractivity contribution in [1.29, 1.82) is 0 Å². The van der Waals surface area contributed by atoms with E-state index in [4.69, 9.17) is 0 Å². The van der Waals surface area contributed by atoms with Gasteiger partial charge in [-0.2, -0.15) is 8.78 Å². The number of hydrogen-bond donors (Lipinski definition) is 0. The molecule has 1 aromatic rings. The molecule has 1 saturated heterocycles. The van der Waals surface area contributed by atoms with Crippen molar-refractivity contribution in [3.8, 4) is 5.75 Å². The van der Waals surface area contributed by atoms with E-state index in [9.17, 15) is 22.0 Å². The zero-order valence-corrected chi connectivity index (χ0v) is 23.1. The SMILES string of the molecule is CCCCC[SiH]1CCC(C2CCC(CCCCc3ccc(OCC(F)(F)C(F)F)c(F)c3)CC2)CC1. The molecule has 0 spiro atoms. The lowest BCUT2D eigenvalue weighted by Gasteiger charge is -2.37. The molecule has 1 aliphatic heterocycles. The number of rotatable bonds is 14. The molecule has 2 aliphatic rings. The number of aryl methyl sites for hydroxylation is 1. The predicted octanol–water partition coefficient (Wildman–Crippen LogP) is 9.45. The maximum Gasteiger partial charge on any atom is 0.340 e. The first-order chi connectivity index (χ1) is 17.3. The minimum absolute atomic E-state index is 0.414. The molecule has 0 N–H and O–H groups in total.